The van der Waals surface area contributed by atoms with E-state index in [-0.39, 0.29) is 27.7 Å². The van der Waals surface area contributed by atoms with Crippen molar-refractivity contribution < 1.29 is 10.0 Å². The van der Waals surface area contributed by atoms with Crippen LogP contribution in [0.5, 0.6) is 5.75 Å². The number of aromatic amines is 2. The number of nitro groups is 1. The number of hydrogen-bond donors (Lipinski definition) is 4. The van der Waals surface area contributed by atoms with Crippen molar-refractivity contribution in [3.05, 3.63) is 38.6 Å². The number of aromatic hydroxyl groups is 1. The highest BCUT2D eigenvalue weighted by molar-refractivity contribution is 7.71. The molecule has 1 aromatic carbocycles. The molecule has 2 aromatic rings. The third kappa shape index (κ3) is 3.13. The molecule has 0 aliphatic carbocycles. The first-order valence-corrected chi connectivity index (χ1v) is 5.38. The number of benzene rings is 1. The van der Waals surface area contributed by atoms with E-state index in [9.17, 15) is 15.2 Å². The van der Waals surface area contributed by atoms with Crippen LogP contribution in [-0.4, -0.2) is 31.4 Å². The Labute approximate surface area is 111 Å². The molecule has 0 amide bonds. The number of non-ortho nitro benzene ring substituents is 1. The molecular weight excluding hydrogens is 272 g/mol. The molecule has 2 rings (SSSR count). The van der Waals surface area contributed by atoms with Crippen LogP contribution < -0.4 is 5.43 Å². The van der Waals surface area contributed by atoms with Crippen molar-refractivity contribution in [3.63, 3.8) is 0 Å². The van der Waals surface area contributed by atoms with E-state index < -0.39 is 4.92 Å². The van der Waals surface area contributed by atoms with Crippen LogP contribution >= 0.6 is 12.2 Å². The number of nitro benzene ring substituents is 1. The molecule has 0 fully saturated rings. The lowest BCUT2D eigenvalue weighted by atomic mass is 10.2. The predicted molar refractivity (Wildman–Crippen MR) is 69.8 cm³/mol. The van der Waals surface area contributed by atoms with Crippen molar-refractivity contribution in [2.24, 2.45) is 5.10 Å². The van der Waals surface area contributed by atoms with Crippen LogP contribution in [0.2, 0.25) is 0 Å². The van der Waals surface area contributed by atoms with Gasteiger partial charge in [-0.25, -0.2) is 5.43 Å². The van der Waals surface area contributed by atoms with Gasteiger partial charge in [0.1, 0.15) is 5.75 Å². The minimum absolute atomic E-state index is 0.119. The minimum atomic E-state index is -0.560. The molecule has 0 saturated carbocycles. The van der Waals surface area contributed by atoms with E-state index in [2.05, 4.69) is 25.7 Å². The predicted octanol–water partition coefficient (Wildman–Crippen LogP) is 1.53. The zero-order valence-corrected chi connectivity index (χ0v) is 10.1. The highest BCUT2D eigenvalue weighted by atomic mass is 32.1. The van der Waals surface area contributed by atoms with Gasteiger partial charge in [-0.2, -0.15) is 10.1 Å². The summed E-state index contributed by atoms with van der Waals surface area (Å²) in [5.74, 6) is 0.164. The molecule has 0 spiro atoms. The molecule has 4 N–H and O–H groups in total. The van der Waals surface area contributed by atoms with Crippen LogP contribution in [0, 0.1) is 14.9 Å². The van der Waals surface area contributed by atoms with Crippen LogP contribution in [0.1, 0.15) is 5.56 Å². The highest BCUT2D eigenvalue weighted by Crippen LogP contribution is 2.21. The summed E-state index contributed by atoms with van der Waals surface area (Å²) in [7, 11) is 0. The fourth-order valence-electron chi connectivity index (χ4n) is 1.24. The number of phenols is 1. The normalized spacial score (nSPS) is 10.7. The van der Waals surface area contributed by atoms with E-state index >= 15 is 0 Å². The van der Waals surface area contributed by atoms with Crippen LogP contribution in [-0.2, 0) is 0 Å². The average Bonchev–Trinajstić information content (AvgIpc) is 2.77. The van der Waals surface area contributed by atoms with E-state index in [0.717, 1.165) is 0 Å². The maximum absolute atomic E-state index is 10.6. The summed E-state index contributed by atoms with van der Waals surface area (Å²) in [6.07, 6.45) is 1.23. The Hall–Kier alpha value is -2.75. The van der Waals surface area contributed by atoms with Gasteiger partial charge in [0.05, 0.1) is 11.1 Å². The van der Waals surface area contributed by atoms with Crippen molar-refractivity contribution in [2.75, 3.05) is 5.43 Å². The van der Waals surface area contributed by atoms with Gasteiger partial charge in [0.25, 0.3) is 5.69 Å². The maximum atomic E-state index is 10.6. The van der Waals surface area contributed by atoms with E-state index in [4.69, 9.17) is 12.2 Å². The Morgan fingerprint density at radius 1 is 1.53 bits per heavy atom. The molecule has 1 heterocycles. The van der Waals surface area contributed by atoms with E-state index in [0.29, 0.717) is 0 Å². The molecule has 0 aliphatic rings. The molecule has 0 radical (unpaired) electrons. The molecule has 0 bridgehead atoms. The number of rotatable bonds is 4. The lowest BCUT2D eigenvalue weighted by molar-refractivity contribution is -0.384. The maximum Gasteiger partial charge on any atom is 0.270 e. The number of anilines is 1. The fourth-order valence-corrected chi connectivity index (χ4v) is 1.39. The average molecular weight is 280 g/mol. The lowest BCUT2D eigenvalue weighted by Gasteiger charge is -1.98. The third-order valence-corrected chi connectivity index (χ3v) is 2.29. The summed E-state index contributed by atoms with van der Waals surface area (Å²) >= 11 is 4.74. The fraction of sp³-hybridized carbons (Fsp3) is 0. The Bertz CT molecular complexity index is 691. The van der Waals surface area contributed by atoms with Crippen LogP contribution in [0.4, 0.5) is 11.6 Å². The smallest absolute Gasteiger partial charge is 0.270 e. The Morgan fingerprint density at radius 2 is 2.32 bits per heavy atom. The third-order valence-electron chi connectivity index (χ3n) is 2.10. The quantitative estimate of drug-likeness (QED) is 0.290. The van der Waals surface area contributed by atoms with Crippen LogP contribution in [0.15, 0.2) is 23.3 Å². The number of hydrazone groups is 1. The summed E-state index contributed by atoms with van der Waals surface area (Å²) in [5.41, 5.74) is 2.58. The number of nitrogens with one attached hydrogen (secondary N) is 3. The Balaban J connectivity index is 2.16. The molecular formula is C9H8N6O3S. The summed E-state index contributed by atoms with van der Waals surface area (Å²) in [5, 5.41) is 29.1. The second kappa shape index (κ2) is 5.27. The molecule has 0 aliphatic heterocycles. The largest absolute Gasteiger partial charge is 0.507 e. The van der Waals surface area contributed by atoms with Gasteiger partial charge < -0.3 is 5.11 Å². The topological polar surface area (TPSA) is 132 Å². The van der Waals surface area contributed by atoms with Crippen molar-refractivity contribution in [3.8, 4) is 5.75 Å². The highest BCUT2D eigenvalue weighted by Gasteiger charge is 2.08. The molecule has 98 valence electrons. The molecule has 1 aromatic heterocycles. The number of H-pyrrole nitrogens is 2. The standard InChI is InChI=1S/C9H8N6O3S/c16-7-2-1-6(15(17)18)3-5(7)4-10-12-8-11-9(19)14-13-8/h1-4,16H,(H3,11,12,13,14,19)/b10-4+. The second-order valence-corrected chi connectivity index (χ2v) is 3.77. The second-order valence-electron chi connectivity index (χ2n) is 3.39. The van der Waals surface area contributed by atoms with E-state index in [1.807, 2.05) is 0 Å². The number of aromatic nitrogens is 3. The summed E-state index contributed by atoms with van der Waals surface area (Å²) in [6, 6.07) is 3.62. The van der Waals surface area contributed by atoms with Crippen molar-refractivity contribution >= 4 is 30.1 Å². The van der Waals surface area contributed by atoms with Gasteiger partial charge in [-0.1, -0.05) is 0 Å². The van der Waals surface area contributed by atoms with E-state index in [1.54, 1.807) is 0 Å². The zero-order valence-electron chi connectivity index (χ0n) is 9.32. The lowest BCUT2D eigenvalue weighted by Crippen LogP contribution is -1.94. The summed E-state index contributed by atoms with van der Waals surface area (Å²) in [4.78, 5) is 13.9. The van der Waals surface area contributed by atoms with Gasteiger partial charge in [0.2, 0.25) is 10.7 Å². The van der Waals surface area contributed by atoms with Gasteiger partial charge in [-0.3, -0.25) is 20.3 Å². The molecule has 0 saturated heterocycles. The zero-order chi connectivity index (χ0) is 13.8. The first kappa shape index (κ1) is 12.7. The van der Waals surface area contributed by atoms with Gasteiger partial charge in [-0.05, 0) is 18.3 Å². The van der Waals surface area contributed by atoms with Gasteiger partial charge >= 0.3 is 0 Å². The summed E-state index contributed by atoms with van der Waals surface area (Å²) in [6.45, 7) is 0. The molecule has 10 heteroatoms. The summed E-state index contributed by atoms with van der Waals surface area (Å²) < 4.78 is 0.260. The van der Waals surface area contributed by atoms with Gasteiger partial charge in [0, 0.05) is 17.7 Å². The molecule has 19 heavy (non-hydrogen) atoms. The van der Waals surface area contributed by atoms with Crippen molar-refractivity contribution in [1.82, 2.24) is 15.2 Å². The van der Waals surface area contributed by atoms with Crippen LogP contribution in [0.25, 0.3) is 0 Å². The van der Waals surface area contributed by atoms with Crippen molar-refractivity contribution in [1.29, 1.82) is 0 Å². The SMILES string of the molecule is O=[N+]([O-])c1ccc(O)c(/C=N/Nc2nc(=S)[nH][nH]2)c1. The minimum Gasteiger partial charge on any atom is -0.507 e. The Kier molecular flexibility index (Phi) is 3.52. The number of hydrogen-bond acceptors (Lipinski definition) is 7. The van der Waals surface area contributed by atoms with Crippen molar-refractivity contribution in [2.45, 2.75) is 0 Å². The number of nitrogens with zero attached hydrogens (tertiary/aromatic N) is 3. The number of phenolic OH excluding ortho intramolecular Hbond substituents is 1. The van der Waals surface area contributed by atoms with Gasteiger partial charge in [0.15, 0.2) is 0 Å². The first-order valence-electron chi connectivity index (χ1n) is 4.97. The first-order chi connectivity index (χ1) is 9.06. The van der Waals surface area contributed by atoms with E-state index in [1.165, 1.54) is 24.4 Å². The molecule has 0 atom stereocenters. The Morgan fingerprint density at radius 3 is 2.95 bits per heavy atom. The molecule has 0 unspecified atom stereocenters. The van der Waals surface area contributed by atoms with Gasteiger partial charge in [-0.15, -0.1) is 0 Å². The van der Waals surface area contributed by atoms with Crippen LogP contribution in [0.3, 0.4) is 0 Å². The monoisotopic (exact) mass is 280 g/mol. The molecule has 9 nitrogen and oxygen atoms in total.